The third kappa shape index (κ3) is 5.27. The lowest BCUT2D eigenvalue weighted by Crippen LogP contribution is -2.15. The predicted octanol–water partition coefficient (Wildman–Crippen LogP) is 4.79. The maximum atomic E-state index is 13.6. The van der Waals surface area contributed by atoms with Gasteiger partial charge in [-0.2, -0.15) is 0 Å². The van der Waals surface area contributed by atoms with Crippen molar-refractivity contribution in [2.24, 2.45) is 7.05 Å². The minimum atomic E-state index is -0.479. The highest BCUT2D eigenvalue weighted by molar-refractivity contribution is 7.99. The number of para-hydroxylation sites is 1. The van der Waals surface area contributed by atoms with E-state index in [2.05, 4.69) is 15.5 Å². The molecular formula is C20H20ClFN4O2S. The summed E-state index contributed by atoms with van der Waals surface area (Å²) in [5.41, 5.74) is 1.18. The van der Waals surface area contributed by atoms with E-state index in [0.717, 1.165) is 5.56 Å². The van der Waals surface area contributed by atoms with E-state index >= 15 is 0 Å². The Labute approximate surface area is 177 Å². The fraction of sp³-hybridized carbons (Fsp3) is 0.250. The van der Waals surface area contributed by atoms with E-state index in [1.807, 2.05) is 26.0 Å². The van der Waals surface area contributed by atoms with Crippen LogP contribution in [0.2, 0.25) is 5.02 Å². The number of halogens is 2. The zero-order valence-corrected chi connectivity index (χ0v) is 17.7. The number of carbonyl (C=O) groups excluding carboxylic acids is 1. The van der Waals surface area contributed by atoms with E-state index in [1.165, 1.54) is 23.9 Å². The van der Waals surface area contributed by atoms with Gasteiger partial charge >= 0.3 is 0 Å². The van der Waals surface area contributed by atoms with Crippen LogP contribution < -0.4 is 10.1 Å². The van der Waals surface area contributed by atoms with E-state index in [4.69, 9.17) is 16.3 Å². The van der Waals surface area contributed by atoms with Gasteiger partial charge < -0.3 is 14.6 Å². The molecule has 1 aromatic heterocycles. The Hall–Kier alpha value is -2.58. The van der Waals surface area contributed by atoms with Gasteiger partial charge in [0.2, 0.25) is 5.91 Å². The number of nitrogens with one attached hydrogen (secondary N) is 1. The van der Waals surface area contributed by atoms with Gasteiger partial charge in [-0.05, 0) is 43.7 Å². The van der Waals surface area contributed by atoms with Crippen LogP contribution in [0.3, 0.4) is 0 Å². The van der Waals surface area contributed by atoms with E-state index in [9.17, 15) is 9.18 Å². The van der Waals surface area contributed by atoms with Crippen molar-refractivity contribution in [1.29, 1.82) is 0 Å². The molecule has 6 nitrogen and oxygen atoms in total. The molecule has 0 saturated heterocycles. The molecule has 2 aromatic carbocycles. The lowest BCUT2D eigenvalue weighted by atomic mass is 10.2. The third-order valence-electron chi connectivity index (χ3n) is 4.10. The molecule has 1 amide bonds. The number of thioether (sulfide) groups is 1. The highest BCUT2D eigenvalue weighted by Gasteiger charge is 2.19. The van der Waals surface area contributed by atoms with Crippen molar-refractivity contribution in [2.75, 3.05) is 11.1 Å². The number of hydrogen-bond acceptors (Lipinski definition) is 5. The summed E-state index contributed by atoms with van der Waals surface area (Å²) in [5.74, 6) is 0.424. The smallest absolute Gasteiger partial charge is 0.234 e. The second-order valence-electron chi connectivity index (χ2n) is 6.41. The topological polar surface area (TPSA) is 69.0 Å². The Kier molecular flexibility index (Phi) is 6.76. The maximum absolute atomic E-state index is 13.6. The van der Waals surface area contributed by atoms with Crippen molar-refractivity contribution in [3.05, 3.63) is 64.7 Å². The highest BCUT2D eigenvalue weighted by Crippen LogP contribution is 2.30. The Morgan fingerprint density at radius 3 is 2.83 bits per heavy atom. The second kappa shape index (κ2) is 9.28. The van der Waals surface area contributed by atoms with Crippen molar-refractivity contribution in [1.82, 2.24) is 14.8 Å². The van der Waals surface area contributed by atoms with Crippen molar-refractivity contribution >= 4 is 35.0 Å². The van der Waals surface area contributed by atoms with E-state index in [0.29, 0.717) is 21.8 Å². The third-order valence-corrected chi connectivity index (χ3v) is 5.44. The maximum Gasteiger partial charge on any atom is 0.234 e. The first-order valence-corrected chi connectivity index (χ1v) is 10.2. The molecule has 29 heavy (non-hydrogen) atoms. The molecule has 1 unspecified atom stereocenters. The Morgan fingerprint density at radius 1 is 1.31 bits per heavy atom. The number of benzene rings is 2. The number of nitrogens with zero attached hydrogens (tertiary/aromatic N) is 3. The van der Waals surface area contributed by atoms with Crippen LogP contribution in [0.25, 0.3) is 0 Å². The second-order valence-corrected chi connectivity index (χ2v) is 7.76. The molecule has 9 heteroatoms. The Morgan fingerprint density at radius 2 is 2.07 bits per heavy atom. The van der Waals surface area contributed by atoms with Gasteiger partial charge in [0.15, 0.2) is 17.1 Å². The van der Waals surface area contributed by atoms with Crippen molar-refractivity contribution in [3.63, 3.8) is 0 Å². The largest absolute Gasteiger partial charge is 0.481 e. The summed E-state index contributed by atoms with van der Waals surface area (Å²) < 4.78 is 21.3. The SMILES string of the molecule is Cc1ccc(Cl)c(OC(C)c2nnc(SCC(=O)Nc3ccccc3F)n2C)c1. The molecule has 0 radical (unpaired) electrons. The Balaban J connectivity index is 1.62. The number of ether oxygens (including phenoxy) is 1. The first-order valence-electron chi connectivity index (χ1n) is 8.84. The van der Waals surface area contributed by atoms with Crippen LogP contribution in [-0.4, -0.2) is 26.4 Å². The molecule has 0 saturated carbocycles. The first kappa shape index (κ1) is 21.1. The van der Waals surface area contributed by atoms with Gasteiger partial charge in [-0.3, -0.25) is 4.79 Å². The lowest BCUT2D eigenvalue weighted by Gasteiger charge is -2.15. The number of anilines is 1. The summed E-state index contributed by atoms with van der Waals surface area (Å²) in [6.07, 6.45) is -0.395. The van der Waals surface area contributed by atoms with E-state index in [-0.39, 0.29) is 17.3 Å². The van der Waals surface area contributed by atoms with Gasteiger partial charge in [-0.1, -0.05) is 41.6 Å². The van der Waals surface area contributed by atoms with Crippen molar-refractivity contribution in [2.45, 2.75) is 25.1 Å². The normalized spacial score (nSPS) is 11.9. The molecule has 152 valence electrons. The molecule has 0 aliphatic heterocycles. The van der Waals surface area contributed by atoms with Gasteiger partial charge in [0, 0.05) is 7.05 Å². The number of hydrogen-bond donors (Lipinski definition) is 1. The zero-order chi connectivity index (χ0) is 21.0. The highest BCUT2D eigenvalue weighted by atomic mass is 35.5. The minimum absolute atomic E-state index is 0.0687. The monoisotopic (exact) mass is 434 g/mol. The van der Waals surface area contributed by atoms with Crippen LogP contribution in [0.1, 0.15) is 24.4 Å². The van der Waals surface area contributed by atoms with Crippen LogP contribution in [0, 0.1) is 12.7 Å². The lowest BCUT2D eigenvalue weighted by molar-refractivity contribution is -0.113. The minimum Gasteiger partial charge on any atom is -0.481 e. The number of amides is 1. The number of rotatable bonds is 7. The molecule has 1 N–H and O–H groups in total. The molecule has 0 bridgehead atoms. The van der Waals surface area contributed by atoms with Gasteiger partial charge in [0.05, 0.1) is 16.5 Å². The Bertz CT molecular complexity index is 1030. The molecule has 1 atom stereocenters. The molecule has 3 rings (SSSR count). The summed E-state index contributed by atoms with van der Waals surface area (Å²) in [5, 5.41) is 11.9. The number of aromatic nitrogens is 3. The molecule has 1 heterocycles. The molecule has 3 aromatic rings. The van der Waals surface area contributed by atoms with Crippen LogP contribution in [0.4, 0.5) is 10.1 Å². The van der Waals surface area contributed by atoms with Gasteiger partial charge in [0.25, 0.3) is 0 Å². The summed E-state index contributed by atoms with van der Waals surface area (Å²) in [7, 11) is 1.80. The molecular weight excluding hydrogens is 415 g/mol. The quantitative estimate of drug-likeness (QED) is 0.541. The van der Waals surface area contributed by atoms with E-state index < -0.39 is 11.9 Å². The fourth-order valence-corrected chi connectivity index (χ4v) is 3.51. The van der Waals surface area contributed by atoms with Gasteiger partial charge in [0.1, 0.15) is 11.6 Å². The predicted molar refractivity (Wildman–Crippen MR) is 112 cm³/mol. The summed E-state index contributed by atoms with van der Waals surface area (Å²) in [6.45, 7) is 3.80. The number of carbonyl (C=O) groups is 1. The standard InChI is InChI=1S/C20H20ClFN4O2S/c1-12-8-9-14(21)17(10-12)28-13(2)19-24-25-20(26(19)3)29-11-18(27)23-16-7-5-4-6-15(16)22/h4-10,13H,11H2,1-3H3,(H,23,27). The van der Waals surface area contributed by atoms with Crippen molar-refractivity contribution < 1.29 is 13.9 Å². The number of aryl methyl sites for hydroxylation is 1. The molecule has 0 spiro atoms. The average Bonchev–Trinajstić information content (AvgIpc) is 3.05. The summed E-state index contributed by atoms with van der Waals surface area (Å²) >= 11 is 7.40. The van der Waals surface area contributed by atoms with Crippen LogP contribution in [0.5, 0.6) is 5.75 Å². The molecule has 0 aliphatic rings. The van der Waals surface area contributed by atoms with Gasteiger partial charge in [-0.15, -0.1) is 10.2 Å². The average molecular weight is 435 g/mol. The molecule has 0 fully saturated rings. The van der Waals surface area contributed by atoms with Crippen LogP contribution in [0.15, 0.2) is 47.6 Å². The zero-order valence-electron chi connectivity index (χ0n) is 16.1. The van der Waals surface area contributed by atoms with E-state index in [1.54, 1.807) is 29.8 Å². The molecule has 0 aliphatic carbocycles. The summed E-state index contributed by atoms with van der Waals surface area (Å²) in [4.78, 5) is 12.1. The summed E-state index contributed by atoms with van der Waals surface area (Å²) in [6, 6.07) is 11.6. The van der Waals surface area contributed by atoms with Crippen LogP contribution in [-0.2, 0) is 11.8 Å². The van der Waals surface area contributed by atoms with Gasteiger partial charge in [-0.25, -0.2) is 4.39 Å². The fourth-order valence-electron chi connectivity index (χ4n) is 2.63. The van der Waals surface area contributed by atoms with Crippen LogP contribution >= 0.6 is 23.4 Å². The first-order chi connectivity index (χ1) is 13.8. The van der Waals surface area contributed by atoms with Crippen molar-refractivity contribution in [3.8, 4) is 5.75 Å².